The molecule has 0 saturated carbocycles. The minimum atomic E-state index is -1.36. The normalized spacial score (nSPS) is 20.4. The summed E-state index contributed by atoms with van der Waals surface area (Å²) in [5.41, 5.74) is 2.67. The van der Waals surface area contributed by atoms with Crippen molar-refractivity contribution in [1.29, 1.82) is 5.26 Å². The van der Waals surface area contributed by atoms with Crippen molar-refractivity contribution in [2.45, 2.75) is 62.7 Å². The zero-order chi connectivity index (χ0) is 37.7. The fourth-order valence-electron chi connectivity index (χ4n) is 5.75. The number of carboxylic acids is 1. The van der Waals surface area contributed by atoms with Gasteiger partial charge in [0, 0.05) is 49.1 Å². The van der Waals surface area contributed by atoms with Gasteiger partial charge >= 0.3 is 5.97 Å². The predicted octanol–water partition coefficient (Wildman–Crippen LogP) is 2.65. The van der Waals surface area contributed by atoms with Crippen LogP contribution in [0.4, 0.5) is 5.69 Å². The molecule has 53 heavy (non-hydrogen) atoms. The number of carbonyl (C=O) groups excluding carboxylic acids is 5. The van der Waals surface area contributed by atoms with Crippen molar-refractivity contribution in [3.8, 4) is 6.07 Å². The number of fused-ring (bicyclic) bond motifs is 18. The van der Waals surface area contributed by atoms with Gasteiger partial charge in [0.2, 0.25) is 29.5 Å². The first-order valence-electron chi connectivity index (χ1n) is 16.9. The van der Waals surface area contributed by atoms with Crippen LogP contribution in [0.3, 0.4) is 0 Å². The summed E-state index contributed by atoms with van der Waals surface area (Å²) in [7, 11) is 0. The number of aliphatic carboxylic acids is 1. The van der Waals surface area contributed by atoms with Gasteiger partial charge in [0.15, 0.2) is 0 Å². The van der Waals surface area contributed by atoms with Crippen molar-refractivity contribution >= 4 is 52.5 Å². The summed E-state index contributed by atoms with van der Waals surface area (Å²) < 4.78 is 0. The van der Waals surface area contributed by atoms with E-state index >= 15 is 0 Å². The highest BCUT2D eigenvalue weighted by molar-refractivity contribution is 7.09. The molecule has 3 aromatic carbocycles. The van der Waals surface area contributed by atoms with Crippen LogP contribution in [0.5, 0.6) is 0 Å². The molecule has 6 rings (SSSR count). The maximum Gasteiger partial charge on any atom is 0.326 e. The average molecular weight is 735 g/mol. The van der Waals surface area contributed by atoms with Crippen molar-refractivity contribution in [2.24, 2.45) is 0 Å². The van der Waals surface area contributed by atoms with Crippen molar-refractivity contribution in [3.05, 3.63) is 124 Å². The van der Waals surface area contributed by atoms with E-state index in [-0.39, 0.29) is 38.5 Å². The number of anilines is 1. The SMILES string of the molecule is N#Cc1ccc(CC2NC(=O)C(Cc3cccs3)NC(=O)CCC(=O)Nc3ccc(cc3)CC(C(=O)O)NC(=O)C(Cc3ccccc3)NC2=O)cc1. The summed E-state index contributed by atoms with van der Waals surface area (Å²) in [5, 5.41) is 34.7. The molecule has 4 unspecified atom stereocenters. The number of amides is 5. The number of carboxylic acid groups (broad SMARTS) is 1. The second-order valence-electron chi connectivity index (χ2n) is 12.6. The van der Waals surface area contributed by atoms with E-state index in [4.69, 9.17) is 0 Å². The van der Waals surface area contributed by atoms with Crippen LogP contribution in [0.2, 0.25) is 0 Å². The van der Waals surface area contributed by atoms with E-state index in [0.717, 1.165) is 4.88 Å². The first-order valence-corrected chi connectivity index (χ1v) is 17.8. The molecule has 0 radical (unpaired) electrons. The Morgan fingerprint density at radius 1 is 0.679 bits per heavy atom. The fraction of sp³-hybridized carbons (Fsp3) is 0.256. The van der Waals surface area contributed by atoms with Gasteiger partial charge in [-0.25, -0.2) is 4.79 Å². The second-order valence-corrected chi connectivity index (χ2v) is 13.6. The zero-order valence-electron chi connectivity index (χ0n) is 28.5. The molecule has 0 fully saturated rings. The molecule has 4 aromatic rings. The second kappa shape index (κ2) is 18.2. The van der Waals surface area contributed by atoms with Gasteiger partial charge in [0.25, 0.3) is 0 Å². The van der Waals surface area contributed by atoms with E-state index in [1.54, 1.807) is 91.0 Å². The minimum absolute atomic E-state index is 0.00768. The third-order valence-corrected chi connectivity index (χ3v) is 9.48. The average Bonchev–Trinajstić information content (AvgIpc) is 3.67. The molecule has 1 aromatic heterocycles. The highest BCUT2D eigenvalue weighted by atomic mass is 32.1. The van der Waals surface area contributed by atoms with Gasteiger partial charge in [-0.3, -0.25) is 24.0 Å². The Morgan fingerprint density at radius 2 is 1.26 bits per heavy atom. The number of benzene rings is 3. The summed E-state index contributed by atoms with van der Waals surface area (Å²) in [6.07, 6.45) is -0.424. The maximum atomic E-state index is 14.2. The van der Waals surface area contributed by atoms with E-state index in [0.29, 0.717) is 27.9 Å². The molecule has 14 heteroatoms. The van der Waals surface area contributed by atoms with E-state index < -0.39 is 59.7 Å². The Balaban J connectivity index is 1.50. The first-order chi connectivity index (χ1) is 25.6. The van der Waals surface area contributed by atoms with Gasteiger partial charge in [-0.1, -0.05) is 60.7 Å². The van der Waals surface area contributed by atoms with E-state index in [2.05, 4.69) is 26.6 Å². The van der Waals surface area contributed by atoms with Crippen LogP contribution in [0, 0.1) is 11.3 Å². The van der Waals surface area contributed by atoms with Gasteiger partial charge < -0.3 is 31.7 Å². The van der Waals surface area contributed by atoms with E-state index in [9.17, 15) is 39.1 Å². The molecule has 6 N–H and O–H groups in total. The Labute approximate surface area is 309 Å². The van der Waals surface area contributed by atoms with Crippen LogP contribution >= 0.6 is 11.3 Å². The number of thiophene rings is 1. The van der Waals surface area contributed by atoms with Gasteiger partial charge in [0.1, 0.15) is 24.2 Å². The Kier molecular flexibility index (Phi) is 13.1. The predicted molar refractivity (Wildman–Crippen MR) is 196 cm³/mol. The number of carbonyl (C=O) groups is 6. The standard InChI is InChI=1S/C39H38N6O7S/c40-23-27-10-8-25(9-11-27)20-31-36(48)43-30(19-24-5-2-1-3-6-24)37(49)45-33(39(51)52)21-26-12-14-28(15-13-26)41-34(46)16-17-35(47)42-32(38(50)44-31)22-29-7-4-18-53-29/h1-15,18,30-33H,16-17,19-22H2,(H,41,46)(H,42,47)(H,43,48)(H,44,50)(H,45,49)(H,51,52). The summed E-state index contributed by atoms with van der Waals surface area (Å²) >= 11 is 1.38. The van der Waals surface area contributed by atoms with Gasteiger partial charge in [0.05, 0.1) is 11.6 Å². The highest BCUT2D eigenvalue weighted by Crippen LogP contribution is 2.16. The molecule has 2 aliphatic heterocycles. The van der Waals surface area contributed by atoms with Crippen LogP contribution in [0.1, 0.15) is 40.0 Å². The third-order valence-electron chi connectivity index (χ3n) is 8.58. The van der Waals surface area contributed by atoms with Crippen molar-refractivity contribution < 1.29 is 33.9 Å². The summed E-state index contributed by atoms with van der Waals surface area (Å²) in [4.78, 5) is 81.0. The molecule has 0 spiro atoms. The minimum Gasteiger partial charge on any atom is -0.480 e. The van der Waals surface area contributed by atoms with Gasteiger partial charge in [-0.15, -0.1) is 11.3 Å². The number of hydrogen-bond acceptors (Lipinski definition) is 8. The van der Waals surface area contributed by atoms with E-state index in [1.165, 1.54) is 11.3 Å². The van der Waals surface area contributed by atoms with Gasteiger partial charge in [-0.05, 0) is 52.4 Å². The van der Waals surface area contributed by atoms with Crippen LogP contribution in [0.15, 0.2) is 96.4 Å². The molecule has 2 bridgehead atoms. The number of rotatable bonds is 7. The Morgan fingerprint density at radius 3 is 1.85 bits per heavy atom. The highest BCUT2D eigenvalue weighted by Gasteiger charge is 2.32. The first kappa shape index (κ1) is 37.9. The van der Waals surface area contributed by atoms with Crippen molar-refractivity contribution in [3.63, 3.8) is 0 Å². The van der Waals surface area contributed by atoms with Crippen molar-refractivity contribution in [2.75, 3.05) is 5.32 Å². The Bertz CT molecular complexity index is 1960. The lowest BCUT2D eigenvalue weighted by molar-refractivity contribution is -0.142. The monoisotopic (exact) mass is 734 g/mol. The van der Waals surface area contributed by atoms with Crippen LogP contribution in [0.25, 0.3) is 0 Å². The number of hydrogen-bond donors (Lipinski definition) is 6. The molecule has 4 atom stereocenters. The van der Waals surface area contributed by atoms with Gasteiger partial charge in [-0.2, -0.15) is 5.26 Å². The summed E-state index contributed by atoms with van der Waals surface area (Å²) in [5.74, 6) is -4.45. The lowest BCUT2D eigenvalue weighted by Gasteiger charge is -2.26. The zero-order valence-corrected chi connectivity index (χ0v) is 29.4. The molecule has 5 amide bonds. The summed E-state index contributed by atoms with van der Waals surface area (Å²) in [6.45, 7) is 0. The van der Waals surface area contributed by atoms with E-state index in [1.807, 2.05) is 11.4 Å². The van der Waals surface area contributed by atoms with Crippen LogP contribution < -0.4 is 26.6 Å². The topological polar surface area (TPSA) is 207 Å². The fourth-order valence-corrected chi connectivity index (χ4v) is 6.50. The lowest BCUT2D eigenvalue weighted by atomic mass is 10.0. The van der Waals surface area contributed by atoms with Crippen LogP contribution in [-0.2, 0) is 54.5 Å². The summed E-state index contributed by atoms with van der Waals surface area (Å²) in [6, 6.07) is 22.4. The smallest absolute Gasteiger partial charge is 0.326 e. The molecule has 0 saturated heterocycles. The third kappa shape index (κ3) is 11.3. The number of nitrogens with one attached hydrogen (secondary N) is 5. The van der Waals surface area contributed by atoms with Crippen LogP contribution in [-0.4, -0.2) is 64.8 Å². The molecular weight excluding hydrogens is 697 g/mol. The molecule has 3 heterocycles. The molecule has 13 nitrogen and oxygen atoms in total. The maximum absolute atomic E-state index is 14.2. The quantitative estimate of drug-likeness (QED) is 0.155. The van der Waals surface area contributed by atoms with Crippen molar-refractivity contribution in [1.82, 2.24) is 21.3 Å². The molecule has 272 valence electrons. The Hall–Kier alpha value is -6.33. The lowest BCUT2D eigenvalue weighted by Crippen LogP contribution is -2.59. The molecular formula is C39H38N6O7S. The number of nitriles is 1. The molecule has 0 aliphatic carbocycles. The molecule has 2 aliphatic rings. The number of nitrogens with zero attached hydrogens (tertiary/aromatic N) is 1. The largest absolute Gasteiger partial charge is 0.480 e.